The minimum Gasteiger partial charge on any atom is -0.392 e. The van der Waals surface area contributed by atoms with Crippen LogP contribution in [0.15, 0.2) is 35.1 Å². The number of nitrogens with one attached hydrogen (secondary N) is 1. The largest absolute Gasteiger partial charge is 0.392 e. The molecule has 2 aromatic rings. The number of nitrogen functional groups attached to an aromatic ring is 1. The van der Waals surface area contributed by atoms with Crippen molar-refractivity contribution in [3.8, 4) is 11.3 Å². The van der Waals surface area contributed by atoms with Gasteiger partial charge in [0.1, 0.15) is 11.4 Å². The van der Waals surface area contributed by atoms with E-state index >= 15 is 0 Å². The fourth-order valence-electron chi connectivity index (χ4n) is 1.50. The van der Waals surface area contributed by atoms with Crippen molar-refractivity contribution in [3.05, 3.63) is 40.7 Å². The average molecular weight is 230 g/mol. The molecule has 1 aromatic heterocycles. The second-order valence-corrected chi connectivity index (χ2v) is 3.91. The first kappa shape index (κ1) is 11.2. The number of hydrogen-bond acceptors (Lipinski definition) is 4. The number of aromatic amines is 1. The lowest BCUT2D eigenvalue weighted by Gasteiger charge is -2.13. The lowest BCUT2D eigenvalue weighted by Crippen LogP contribution is -2.21. The third-order valence-electron chi connectivity index (χ3n) is 2.41. The molecule has 5 heteroatoms. The number of rotatable bonds is 2. The van der Waals surface area contributed by atoms with Crippen molar-refractivity contribution >= 4 is 11.6 Å². The molecule has 17 heavy (non-hydrogen) atoms. The molecule has 1 aromatic carbocycles. The van der Waals surface area contributed by atoms with Gasteiger partial charge >= 0.3 is 0 Å². The lowest BCUT2D eigenvalue weighted by atomic mass is 10.1. The molecule has 2 rings (SSSR count). The highest BCUT2D eigenvalue weighted by molar-refractivity contribution is 5.72. The minimum atomic E-state index is -0.317. The zero-order valence-corrected chi connectivity index (χ0v) is 9.77. The maximum atomic E-state index is 11.7. The molecule has 1 heterocycles. The first-order chi connectivity index (χ1) is 8.09. The third kappa shape index (κ3) is 2.13. The molecular weight excluding hydrogens is 216 g/mol. The second kappa shape index (κ2) is 4.29. The normalized spacial score (nSPS) is 10.2. The van der Waals surface area contributed by atoms with Gasteiger partial charge in [-0.1, -0.05) is 30.3 Å². The number of H-pyrrole nitrogens is 1. The summed E-state index contributed by atoms with van der Waals surface area (Å²) in [4.78, 5) is 20.4. The van der Waals surface area contributed by atoms with Gasteiger partial charge in [0, 0.05) is 19.7 Å². The Morgan fingerprint density at radius 3 is 2.47 bits per heavy atom. The van der Waals surface area contributed by atoms with Gasteiger partial charge in [-0.25, -0.2) is 4.98 Å². The third-order valence-corrected chi connectivity index (χ3v) is 2.41. The van der Waals surface area contributed by atoms with Crippen LogP contribution in [0.5, 0.6) is 0 Å². The molecule has 0 spiro atoms. The number of hydrogen-bond donors (Lipinski definition) is 2. The molecule has 0 aliphatic rings. The van der Waals surface area contributed by atoms with Crippen LogP contribution in [0.25, 0.3) is 11.3 Å². The Balaban J connectivity index is 2.65. The smallest absolute Gasteiger partial charge is 0.276 e. The van der Waals surface area contributed by atoms with E-state index in [0.717, 1.165) is 5.56 Å². The van der Waals surface area contributed by atoms with Gasteiger partial charge in [-0.2, -0.15) is 0 Å². The van der Waals surface area contributed by atoms with E-state index in [-0.39, 0.29) is 11.2 Å². The van der Waals surface area contributed by atoms with E-state index in [0.29, 0.717) is 11.6 Å². The van der Waals surface area contributed by atoms with Gasteiger partial charge in [0.15, 0.2) is 0 Å². The molecule has 0 saturated carbocycles. The summed E-state index contributed by atoms with van der Waals surface area (Å²) in [6, 6.07) is 9.41. The van der Waals surface area contributed by atoms with Crippen LogP contribution in [0.2, 0.25) is 0 Å². The molecule has 5 nitrogen and oxygen atoms in total. The van der Waals surface area contributed by atoms with E-state index in [1.165, 1.54) is 0 Å². The zero-order chi connectivity index (χ0) is 12.4. The van der Waals surface area contributed by atoms with Crippen LogP contribution >= 0.6 is 0 Å². The van der Waals surface area contributed by atoms with Gasteiger partial charge in [-0.05, 0) is 0 Å². The van der Waals surface area contributed by atoms with Crippen LogP contribution in [-0.4, -0.2) is 24.1 Å². The Morgan fingerprint density at radius 1 is 1.24 bits per heavy atom. The highest BCUT2D eigenvalue weighted by atomic mass is 16.1. The molecule has 0 aliphatic heterocycles. The van der Waals surface area contributed by atoms with Crippen molar-refractivity contribution in [2.24, 2.45) is 0 Å². The summed E-state index contributed by atoms with van der Waals surface area (Å²) in [7, 11) is 3.62. The summed E-state index contributed by atoms with van der Waals surface area (Å²) in [5.41, 5.74) is 6.93. The van der Waals surface area contributed by atoms with E-state index in [1.54, 1.807) is 4.90 Å². The molecule has 0 fully saturated rings. The number of nitrogens with zero attached hydrogens (tertiary/aromatic N) is 2. The van der Waals surface area contributed by atoms with E-state index in [1.807, 2.05) is 44.4 Å². The van der Waals surface area contributed by atoms with Crippen LogP contribution in [0.3, 0.4) is 0 Å². The van der Waals surface area contributed by atoms with Gasteiger partial charge in [0.05, 0.1) is 0 Å². The Bertz CT molecular complexity index is 575. The van der Waals surface area contributed by atoms with Crippen LogP contribution < -0.4 is 16.2 Å². The molecule has 0 unspecified atom stereocenters. The molecule has 0 aliphatic carbocycles. The second-order valence-electron chi connectivity index (χ2n) is 3.91. The van der Waals surface area contributed by atoms with Crippen molar-refractivity contribution in [3.63, 3.8) is 0 Å². The number of nitrogens with two attached hydrogens (primary N) is 1. The van der Waals surface area contributed by atoms with Crippen molar-refractivity contribution in [2.45, 2.75) is 0 Å². The number of benzene rings is 1. The van der Waals surface area contributed by atoms with E-state index in [2.05, 4.69) is 9.97 Å². The summed E-state index contributed by atoms with van der Waals surface area (Å²) in [5.74, 6) is 0.489. The van der Waals surface area contributed by atoms with Gasteiger partial charge < -0.3 is 10.6 Å². The Hall–Kier alpha value is -2.30. The predicted octanol–water partition coefficient (Wildman–Crippen LogP) is 1.09. The predicted molar refractivity (Wildman–Crippen MR) is 69.0 cm³/mol. The lowest BCUT2D eigenvalue weighted by molar-refractivity contribution is 0.987. The van der Waals surface area contributed by atoms with Crippen LogP contribution in [0.1, 0.15) is 0 Å². The van der Waals surface area contributed by atoms with Gasteiger partial charge in [0.2, 0.25) is 5.95 Å². The van der Waals surface area contributed by atoms with Gasteiger partial charge in [-0.3, -0.25) is 9.78 Å². The highest BCUT2D eigenvalue weighted by Crippen LogP contribution is 2.21. The Kier molecular flexibility index (Phi) is 2.82. The Morgan fingerprint density at radius 2 is 1.88 bits per heavy atom. The first-order valence-electron chi connectivity index (χ1n) is 5.22. The average Bonchev–Trinajstić information content (AvgIpc) is 2.33. The zero-order valence-electron chi connectivity index (χ0n) is 9.77. The van der Waals surface area contributed by atoms with Crippen molar-refractivity contribution < 1.29 is 0 Å². The van der Waals surface area contributed by atoms with Crippen LogP contribution in [-0.2, 0) is 0 Å². The van der Waals surface area contributed by atoms with E-state index < -0.39 is 0 Å². The minimum absolute atomic E-state index is 0.141. The van der Waals surface area contributed by atoms with E-state index in [4.69, 9.17) is 5.73 Å². The van der Waals surface area contributed by atoms with Crippen LogP contribution in [0.4, 0.5) is 11.6 Å². The number of aromatic nitrogens is 2. The quantitative estimate of drug-likeness (QED) is 0.809. The summed E-state index contributed by atoms with van der Waals surface area (Å²) in [6.07, 6.45) is 0. The SMILES string of the molecule is CN(C)c1nc(-c2ccccc2)c(N)c(=O)[nH]1. The van der Waals surface area contributed by atoms with Crippen molar-refractivity contribution in [1.82, 2.24) is 9.97 Å². The fourth-order valence-corrected chi connectivity index (χ4v) is 1.50. The number of anilines is 2. The van der Waals surface area contributed by atoms with Crippen molar-refractivity contribution in [2.75, 3.05) is 24.7 Å². The molecule has 0 bridgehead atoms. The molecule has 0 saturated heterocycles. The monoisotopic (exact) mass is 230 g/mol. The first-order valence-corrected chi connectivity index (χ1v) is 5.22. The molecule has 0 radical (unpaired) electrons. The molecule has 0 atom stereocenters. The maximum Gasteiger partial charge on any atom is 0.276 e. The maximum absolute atomic E-state index is 11.7. The molecular formula is C12H14N4O. The molecule has 88 valence electrons. The van der Waals surface area contributed by atoms with Crippen LogP contribution in [0, 0.1) is 0 Å². The van der Waals surface area contributed by atoms with Crippen molar-refractivity contribution in [1.29, 1.82) is 0 Å². The van der Waals surface area contributed by atoms with Gasteiger partial charge in [0.25, 0.3) is 5.56 Å². The summed E-state index contributed by atoms with van der Waals surface area (Å²) in [6.45, 7) is 0. The highest BCUT2D eigenvalue weighted by Gasteiger charge is 2.10. The summed E-state index contributed by atoms with van der Waals surface area (Å²) < 4.78 is 0. The standard InChI is InChI=1S/C12H14N4O/c1-16(2)12-14-10(9(13)11(17)15-12)8-6-4-3-5-7-8/h3-7H,13H2,1-2H3,(H,14,15,17). The molecule has 0 amide bonds. The van der Waals surface area contributed by atoms with Gasteiger partial charge in [-0.15, -0.1) is 0 Å². The summed E-state index contributed by atoms with van der Waals surface area (Å²) >= 11 is 0. The van der Waals surface area contributed by atoms with E-state index in [9.17, 15) is 4.79 Å². The Labute approximate surface area is 98.9 Å². The molecule has 3 N–H and O–H groups in total. The fraction of sp³-hybridized carbons (Fsp3) is 0.167. The topological polar surface area (TPSA) is 75.0 Å². The summed E-state index contributed by atoms with van der Waals surface area (Å²) in [5, 5.41) is 0.